The van der Waals surface area contributed by atoms with Crippen LogP contribution in [-0.2, 0) is 0 Å². The predicted octanol–water partition coefficient (Wildman–Crippen LogP) is 3.81. The van der Waals surface area contributed by atoms with Crippen molar-refractivity contribution in [2.24, 2.45) is 29.1 Å². The van der Waals surface area contributed by atoms with Crippen molar-refractivity contribution in [1.29, 1.82) is 0 Å². The molecule has 0 N–H and O–H groups in total. The summed E-state index contributed by atoms with van der Waals surface area (Å²) in [4.78, 5) is 0. The van der Waals surface area contributed by atoms with Gasteiger partial charge in [0.1, 0.15) is 6.17 Å². The first-order chi connectivity index (χ1) is 6.61. The Morgan fingerprint density at radius 3 is 2.14 bits per heavy atom. The van der Waals surface area contributed by atoms with E-state index in [1.807, 2.05) is 0 Å². The SMILES string of the molecule is CC(C)C12CC3CC(C1)C(F)C(C3)C2. The maximum Gasteiger partial charge on any atom is 0.106 e. The average Bonchev–Trinajstić information content (AvgIpc) is 2.12. The zero-order valence-electron chi connectivity index (χ0n) is 9.30. The molecule has 2 atom stereocenters. The third kappa shape index (κ3) is 1.05. The molecule has 0 radical (unpaired) electrons. The van der Waals surface area contributed by atoms with Gasteiger partial charge in [-0.3, -0.25) is 0 Å². The Morgan fingerprint density at radius 2 is 1.64 bits per heavy atom. The topological polar surface area (TPSA) is 0 Å². The fraction of sp³-hybridized carbons (Fsp3) is 1.00. The zero-order valence-corrected chi connectivity index (χ0v) is 9.30. The van der Waals surface area contributed by atoms with Crippen molar-refractivity contribution in [3.63, 3.8) is 0 Å². The number of hydrogen-bond donors (Lipinski definition) is 0. The first-order valence-electron chi connectivity index (χ1n) is 6.25. The minimum absolute atomic E-state index is 0.434. The second kappa shape index (κ2) is 2.74. The van der Waals surface area contributed by atoms with Crippen molar-refractivity contribution >= 4 is 0 Å². The first-order valence-corrected chi connectivity index (χ1v) is 6.25. The van der Waals surface area contributed by atoms with Gasteiger partial charge in [-0.05, 0) is 61.2 Å². The molecule has 0 aromatic rings. The zero-order chi connectivity index (χ0) is 9.92. The average molecular weight is 196 g/mol. The van der Waals surface area contributed by atoms with Gasteiger partial charge >= 0.3 is 0 Å². The molecule has 1 heteroatoms. The summed E-state index contributed by atoms with van der Waals surface area (Å²) in [6.07, 6.45) is 5.75. The summed E-state index contributed by atoms with van der Waals surface area (Å²) in [5.41, 5.74) is 0.541. The van der Waals surface area contributed by atoms with Gasteiger partial charge < -0.3 is 0 Å². The Balaban J connectivity index is 1.92. The molecule has 0 spiro atoms. The van der Waals surface area contributed by atoms with Crippen LogP contribution in [-0.4, -0.2) is 6.17 Å². The molecule has 4 bridgehead atoms. The van der Waals surface area contributed by atoms with Crippen molar-refractivity contribution in [2.75, 3.05) is 0 Å². The van der Waals surface area contributed by atoms with E-state index in [4.69, 9.17) is 0 Å². The van der Waals surface area contributed by atoms with Crippen LogP contribution in [0.1, 0.15) is 46.0 Å². The molecule has 4 aliphatic carbocycles. The second-order valence-corrected chi connectivity index (χ2v) is 6.43. The standard InChI is InChI=1S/C13H21F/c1-8(2)13-5-9-3-10(6-13)12(14)11(4-9)7-13/h8-12H,3-7H2,1-2H3. The lowest BCUT2D eigenvalue weighted by Crippen LogP contribution is -2.53. The van der Waals surface area contributed by atoms with Gasteiger partial charge in [0.15, 0.2) is 0 Å². The third-order valence-corrected chi connectivity index (χ3v) is 5.43. The Bertz CT molecular complexity index is 230. The van der Waals surface area contributed by atoms with Crippen molar-refractivity contribution in [1.82, 2.24) is 0 Å². The van der Waals surface area contributed by atoms with E-state index < -0.39 is 6.17 Å². The molecular formula is C13H21F. The normalized spacial score (nSPS) is 55.7. The monoisotopic (exact) mass is 196 g/mol. The summed E-state index contributed by atoms with van der Waals surface area (Å²) < 4.78 is 13.9. The fourth-order valence-corrected chi connectivity index (χ4v) is 4.73. The molecule has 0 saturated heterocycles. The Morgan fingerprint density at radius 1 is 1.07 bits per heavy atom. The molecule has 14 heavy (non-hydrogen) atoms. The molecule has 4 rings (SSSR count). The molecule has 4 fully saturated rings. The molecule has 0 aromatic heterocycles. The second-order valence-electron chi connectivity index (χ2n) is 6.43. The first kappa shape index (κ1) is 9.18. The molecule has 0 heterocycles. The smallest absolute Gasteiger partial charge is 0.106 e. The van der Waals surface area contributed by atoms with Gasteiger partial charge in [-0.15, -0.1) is 0 Å². The largest absolute Gasteiger partial charge is 0.247 e. The predicted molar refractivity (Wildman–Crippen MR) is 55.7 cm³/mol. The van der Waals surface area contributed by atoms with Crippen molar-refractivity contribution in [3.05, 3.63) is 0 Å². The summed E-state index contributed by atoms with van der Waals surface area (Å²) in [7, 11) is 0. The highest BCUT2D eigenvalue weighted by atomic mass is 19.1. The summed E-state index contributed by atoms with van der Waals surface area (Å²) in [6, 6.07) is 0. The van der Waals surface area contributed by atoms with Crippen LogP contribution in [0, 0.1) is 29.1 Å². The Hall–Kier alpha value is -0.0700. The minimum atomic E-state index is -0.446. The van der Waals surface area contributed by atoms with E-state index >= 15 is 0 Å². The molecule has 80 valence electrons. The van der Waals surface area contributed by atoms with E-state index in [9.17, 15) is 4.39 Å². The Kier molecular flexibility index (Phi) is 1.79. The molecular weight excluding hydrogens is 175 g/mol. The van der Waals surface area contributed by atoms with Crippen LogP contribution >= 0.6 is 0 Å². The van der Waals surface area contributed by atoms with Gasteiger partial charge in [-0.2, -0.15) is 0 Å². The van der Waals surface area contributed by atoms with Gasteiger partial charge in [-0.1, -0.05) is 13.8 Å². The summed E-state index contributed by atoms with van der Waals surface area (Å²) in [5.74, 6) is 2.51. The van der Waals surface area contributed by atoms with Crippen molar-refractivity contribution in [2.45, 2.75) is 52.1 Å². The lowest BCUT2D eigenvalue weighted by Gasteiger charge is -2.59. The van der Waals surface area contributed by atoms with Crippen LogP contribution in [0.4, 0.5) is 4.39 Å². The quantitative estimate of drug-likeness (QED) is 0.598. The molecule has 4 saturated carbocycles. The lowest BCUT2D eigenvalue weighted by molar-refractivity contribution is -0.124. The molecule has 2 unspecified atom stereocenters. The van der Waals surface area contributed by atoms with Crippen LogP contribution in [0.25, 0.3) is 0 Å². The number of hydrogen-bond acceptors (Lipinski definition) is 0. The van der Waals surface area contributed by atoms with Gasteiger partial charge in [0, 0.05) is 0 Å². The third-order valence-electron chi connectivity index (χ3n) is 5.43. The minimum Gasteiger partial charge on any atom is -0.247 e. The number of rotatable bonds is 1. The molecule has 0 nitrogen and oxygen atoms in total. The lowest BCUT2D eigenvalue weighted by atomic mass is 9.46. The van der Waals surface area contributed by atoms with E-state index in [1.165, 1.54) is 32.1 Å². The van der Waals surface area contributed by atoms with Gasteiger partial charge in [0.05, 0.1) is 0 Å². The van der Waals surface area contributed by atoms with Crippen molar-refractivity contribution < 1.29 is 4.39 Å². The van der Waals surface area contributed by atoms with Crippen LogP contribution in [0.5, 0.6) is 0 Å². The molecule has 0 aliphatic heterocycles. The highest BCUT2D eigenvalue weighted by Crippen LogP contribution is 2.63. The maximum absolute atomic E-state index is 13.9. The Labute approximate surface area is 86.3 Å². The van der Waals surface area contributed by atoms with Crippen LogP contribution in [0.15, 0.2) is 0 Å². The number of halogens is 1. The van der Waals surface area contributed by atoms with E-state index in [2.05, 4.69) is 13.8 Å². The fourth-order valence-electron chi connectivity index (χ4n) is 4.73. The van der Waals surface area contributed by atoms with Crippen LogP contribution < -0.4 is 0 Å². The summed E-state index contributed by atoms with van der Waals surface area (Å²) in [6.45, 7) is 4.70. The summed E-state index contributed by atoms with van der Waals surface area (Å²) >= 11 is 0. The van der Waals surface area contributed by atoms with Crippen LogP contribution in [0.2, 0.25) is 0 Å². The molecule has 4 aliphatic rings. The highest BCUT2D eigenvalue weighted by molar-refractivity contribution is 5.06. The summed E-state index contributed by atoms with van der Waals surface area (Å²) in [5, 5.41) is 0. The van der Waals surface area contributed by atoms with Gasteiger partial charge in [-0.25, -0.2) is 4.39 Å². The van der Waals surface area contributed by atoms with Gasteiger partial charge in [0.2, 0.25) is 0 Å². The van der Waals surface area contributed by atoms with E-state index in [0.29, 0.717) is 17.3 Å². The van der Waals surface area contributed by atoms with Gasteiger partial charge in [0.25, 0.3) is 0 Å². The van der Waals surface area contributed by atoms with E-state index in [-0.39, 0.29) is 0 Å². The van der Waals surface area contributed by atoms with E-state index in [0.717, 1.165) is 11.8 Å². The number of alkyl halides is 1. The maximum atomic E-state index is 13.9. The van der Waals surface area contributed by atoms with E-state index in [1.54, 1.807) is 0 Å². The molecule has 0 aromatic carbocycles. The van der Waals surface area contributed by atoms with Crippen LogP contribution in [0.3, 0.4) is 0 Å². The van der Waals surface area contributed by atoms with Crippen molar-refractivity contribution in [3.8, 4) is 0 Å². The highest BCUT2D eigenvalue weighted by Gasteiger charge is 2.56. The molecule has 0 amide bonds.